The molecule has 0 saturated heterocycles. The number of carbonyl (C=O) groups is 1. The highest BCUT2D eigenvalue weighted by molar-refractivity contribution is 6.31. The quantitative estimate of drug-likeness (QED) is 0.870. The third-order valence-electron chi connectivity index (χ3n) is 3.13. The molecule has 0 unspecified atom stereocenters. The number of nitrogens with one attached hydrogen (secondary N) is 1. The van der Waals surface area contributed by atoms with E-state index in [2.05, 4.69) is 5.32 Å². The second kappa shape index (κ2) is 4.63. The van der Waals surface area contributed by atoms with Crippen LogP contribution >= 0.6 is 11.6 Å². The van der Waals surface area contributed by atoms with Crippen LogP contribution in [-0.4, -0.2) is 18.0 Å². The van der Waals surface area contributed by atoms with Gasteiger partial charge in [0.25, 0.3) is 5.91 Å². The van der Waals surface area contributed by atoms with E-state index >= 15 is 0 Å². The molecule has 1 aliphatic carbocycles. The van der Waals surface area contributed by atoms with Crippen molar-refractivity contribution < 1.29 is 9.18 Å². The van der Waals surface area contributed by atoms with Crippen molar-refractivity contribution in [3.63, 3.8) is 0 Å². The average Bonchev–Trinajstić information content (AvgIpc) is 2.27. The van der Waals surface area contributed by atoms with Crippen molar-refractivity contribution in [1.29, 1.82) is 0 Å². The molecule has 1 saturated carbocycles. The molecule has 3 nitrogen and oxygen atoms in total. The minimum atomic E-state index is -0.530. The fourth-order valence-electron chi connectivity index (χ4n) is 1.80. The van der Waals surface area contributed by atoms with Gasteiger partial charge in [-0.2, -0.15) is 0 Å². The van der Waals surface area contributed by atoms with Gasteiger partial charge in [0, 0.05) is 17.6 Å². The maximum atomic E-state index is 12.9. The molecule has 0 heterocycles. The lowest BCUT2D eigenvalue weighted by atomic mass is 9.78. The van der Waals surface area contributed by atoms with Crippen LogP contribution in [0.1, 0.15) is 29.6 Å². The summed E-state index contributed by atoms with van der Waals surface area (Å²) < 4.78 is 12.9. The van der Waals surface area contributed by atoms with Crippen molar-refractivity contribution in [2.24, 2.45) is 5.73 Å². The average molecular weight is 257 g/mol. The van der Waals surface area contributed by atoms with Crippen LogP contribution in [0.5, 0.6) is 0 Å². The lowest BCUT2D eigenvalue weighted by Gasteiger charge is -2.38. The predicted molar refractivity (Wildman–Crippen MR) is 64.5 cm³/mol. The minimum absolute atomic E-state index is 0.0521. The topological polar surface area (TPSA) is 55.1 Å². The van der Waals surface area contributed by atoms with E-state index in [1.807, 2.05) is 0 Å². The van der Waals surface area contributed by atoms with E-state index < -0.39 is 5.82 Å². The summed E-state index contributed by atoms with van der Waals surface area (Å²) in [6.07, 6.45) is 2.96. The molecule has 0 aromatic heterocycles. The normalized spacial score (nSPS) is 17.4. The summed E-state index contributed by atoms with van der Waals surface area (Å²) in [6.45, 7) is 0.445. The smallest absolute Gasteiger partial charge is 0.251 e. The number of nitrogens with two attached hydrogens (primary N) is 1. The summed E-state index contributed by atoms with van der Waals surface area (Å²) in [5, 5.41) is 2.69. The summed E-state index contributed by atoms with van der Waals surface area (Å²) >= 11 is 5.61. The maximum absolute atomic E-state index is 12.9. The monoisotopic (exact) mass is 256 g/mol. The number of rotatable bonds is 3. The zero-order chi connectivity index (χ0) is 12.5. The van der Waals surface area contributed by atoms with E-state index in [1.165, 1.54) is 18.2 Å². The Balaban J connectivity index is 1.97. The van der Waals surface area contributed by atoms with Crippen molar-refractivity contribution in [3.8, 4) is 0 Å². The van der Waals surface area contributed by atoms with E-state index in [-0.39, 0.29) is 16.5 Å². The molecule has 1 aromatic carbocycles. The Morgan fingerprint density at radius 1 is 1.53 bits per heavy atom. The van der Waals surface area contributed by atoms with Crippen LogP contribution in [0.15, 0.2) is 18.2 Å². The number of benzene rings is 1. The van der Waals surface area contributed by atoms with Gasteiger partial charge >= 0.3 is 0 Å². The third-order valence-corrected chi connectivity index (χ3v) is 3.42. The van der Waals surface area contributed by atoms with Crippen molar-refractivity contribution in [1.82, 2.24) is 5.32 Å². The first-order chi connectivity index (χ1) is 8.00. The fraction of sp³-hybridized carbons (Fsp3) is 0.417. The van der Waals surface area contributed by atoms with Crippen LogP contribution in [0.4, 0.5) is 4.39 Å². The Bertz CT molecular complexity index is 446. The summed E-state index contributed by atoms with van der Waals surface area (Å²) in [5.41, 5.74) is 6.06. The molecule has 1 fully saturated rings. The first-order valence-electron chi connectivity index (χ1n) is 5.52. The summed E-state index contributed by atoms with van der Waals surface area (Å²) in [4.78, 5) is 11.7. The molecule has 0 atom stereocenters. The molecule has 0 bridgehead atoms. The SMILES string of the molecule is NC1(CNC(=O)c2ccc(F)c(Cl)c2)CCC1. The fourth-order valence-corrected chi connectivity index (χ4v) is 1.98. The van der Waals surface area contributed by atoms with Crippen LogP contribution in [-0.2, 0) is 0 Å². The lowest BCUT2D eigenvalue weighted by Crippen LogP contribution is -2.54. The Kier molecular flexibility index (Phi) is 3.35. The van der Waals surface area contributed by atoms with Crippen LogP contribution in [0.3, 0.4) is 0 Å². The zero-order valence-electron chi connectivity index (χ0n) is 9.30. The second-order valence-corrected chi connectivity index (χ2v) is 4.93. The molecule has 92 valence electrons. The lowest BCUT2D eigenvalue weighted by molar-refractivity contribution is 0.0930. The molecular formula is C12H14ClFN2O. The number of hydrogen-bond donors (Lipinski definition) is 2. The summed E-state index contributed by atoms with van der Waals surface area (Å²) in [6, 6.07) is 3.90. The molecule has 1 aliphatic rings. The predicted octanol–water partition coefficient (Wildman–Crippen LogP) is 2.09. The molecule has 17 heavy (non-hydrogen) atoms. The van der Waals surface area contributed by atoms with Crippen molar-refractivity contribution in [2.75, 3.05) is 6.54 Å². The number of hydrogen-bond acceptors (Lipinski definition) is 2. The highest BCUT2D eigenvalue weighted by Gasteiger charge is 2.32. The minimum Gasteiger partial charge on any atom is -0.350 e. The number of carbonyl (C=O) groups excluding carboxylic acids is 1. The van der Waals surface area contributed by atoms with E-state index in [4.69, 9.17) is 17.3 Å². The molecule has 0 spiro atoms. The van der Waals surface area contributed by atoms with Crippen LogP contribution in [0.2, 0.25) is 5.02 Å². The molecule has 1 aromatic rings. The summed E-state index contributed by atoms with van der Waals surface area (Å²) in [7, 11) is 0. The van der Waals surface area contributed by atoms with Crippen molar-refractivity contribution in [2.45, 2.75) is 24.8 Å². The van der Waals surface area contributed by atoms with Gasteiger partial charge in [0.1, 0.15) is 5.82 Å². The third kappa shape index (κ3) is 2.76. The Labute approximate surface area is 104 Å². The van der Waals surface area contributed by atoms with Gasteiger partial charge in [0.15, 0.2) is 0 Å². The van der Waals surface area contributed by atoms with Gasteiger partial charge < -0.3 is 11.1 Å². The molecule has 2 rings (SSSR count). The van der Waals surface area contributed by atoms with Gasteiger partial charge in [-0.25, -0.2) is 4.39 Å². The van der Waals surface area contributed by atoms with Crippen LogP contribution < -0.4 is 11.1 Å². The number of amides is 1. The van der Waals surface area contributed by atoms with Gasteiger partial charge in [-0.1, -0.05) is 11.6 Å². The second-order valence-electron chi connectivity index (χ2n) is 4.53. The van der Waals surface area contributed by atoms with Gasteiger partial charge in [0.05, 0.1) is 5.02 Å². The Morgan fingerprint density at radius 3 is 2.76 bits per heavy atom. The highest BCUT2D eigenvalue weighted by Crippen LogP contribution is 2.28. The van der Waals surface area contributed by atoms with Gasteiger partial charge in [-0.3, -0.25) is 4.79 Å². The molecule has 5 heteroatoms. The van der Waals surface area contributed by atoms with E-state index in [1.54, 1.807) is 0 Å². The molecular weight excluding hydrogens is 243 g/mol. The standard InChI is InChI=1S/C12H14ClFN2O/c13-9-6-8(2-3-10(9)14)11(17)16-7-12(15)4-1-5-12/h2-3,6H,1,4-5,7,15H2,(H,16,17). The molecule has 1 amide bonds. The van der Waals surface area contributed by atoms with Gasteiger partial charge in [0.2, 0.25) is 0 Å². The van der Waals surface area contributed by atoms with E-state index in [0.29, 0.717) is 12.1 Å². The molecule has 3 N–H and O–H groups in total. The Hall–Kier alpha value is -1.13. The van der Waals surface area contributed by atoms with Crippen molar-refractivity contribution in [3.05, 3.63) is 34.6 Å². The number of halogens is 2. The molecule has 0 aliphatic heterocycles. The summed E-state index contributed by atoms with van der Waals surface area (Å²) in [5.74, 6) is -0.805. The van der Waals surface area contributed by atoms with Crippen LogP contribution in [0.25, 0.3) is 0 Å². The largest absolute Gasteiger partial charge is 0.350 e. The zero-order valence-corrected chi connectivity index (χ0v) is 10.1. The first kappa shape index (κ1) is 12.3. The van der Waals surface area contributed by atoms with E-state index in [9.17, 15) is 9.18 Å². The van der Waals surface area contributed by atoms with Crippen molar-refractivity contribution >= 4 is 17.5 Å². The van der Waals surface area contributed by atoms with Gasteiger partial charge in [-0.15, -0.1) is 0 Å². The first-order valence-corrected chi connectivity index (χ1v) is 5.90. The van der Waals surface area contributed by atoms with E-state index in [0.717, 1.165) is 19.3 Å². The van der Waals surface area contributed by atoms with Crippen LogP contribution in [0, 0.1) is 5.82 Å². The highest BCUT2D eigenvalue weighted by atomic mass is 35.5. The van der Waals surface area contributed by atoms with Gasteiger partial charge in [-0.05, 0) is 37.5 Å². The molecule has 0 radical (unpaired) electrons. The Morgan fingerprint density at radius 2 is 2.24 bits per heavy atom. The maximum Gasteiger partial charge on any atom is 0.251 e.